The molecule has 0 aliphatic heterocycles. The Morgan fingerprint density at radius 2 is 2.05 bits per heavy atom. The molecule has 0 radical (unpaired) electrons. The molecule has 0 aliphatic carbocycles. The van der Waals surface area contributed by atoms with Gasteiger partial charge >= 0.3 is 5.97 Å². The average molecular weight is 281 g/mol. The quantitative estimate of drug-likeness (QED) is 0.775. The van der Waals surface area contributed by atoms with Crippen LogP contribution in [0, 0.1) is 0 Å². The first-order chi connectivity index (χ1) is 9.45. The van der Waals surface area contributed by atoms with Crippen LogP contribution in [0.3, 0.4) is 0 Å². The lowest BCUT2D eigenvalue weighted by Crippen LogP contribution is -2.38. The van der Waals surface area contributed by atoms with Crippen molar-refractivity contribution in [1.82, 2.24) is 9.88 Å². The standard InChI is InChI=1S/C13H19N3O4/c1-15(2)11-5-4-10(8-14-11)13(19)16(6-7-20-3)9-12(17)18/h4-5,8H,6-7,9H2,1-3H3,(H,17,18). The lowest BCUT2D eigenvalue weighted by molar-refractivity contribution is -0.137. The maximum Gasteiger partial charge on any atom is 0.323 e. The minimum Gasteiger partial charge on any atom is -0.480 e. The number of carboxylic acids is 1. The first-order valence-corrected chi connectivity index (χ1v) is 6.09. The zero-order chi connectivity index (χ0) is 15.1. The molecule has 1 aromatic heterocycles. The van der Waals surface area contributed by atoms with Crippen LogP contribution in [-0.4, -0.2) is 67.8 Å². The minimum absolute atomic E-state index is 0.219. The highest BCUT2D eigenvalue weighted by molar-refractivity contribution is 5.95. The van der Waals surface area contributed by atoms with Crippen LogP contribution in [0.2, 0.25) is 0 Å². The predicted octanol–water partition coefficient (Wildman–Crippen LogP) is 0.321. The van der Waals surface area contributed by atoms with Gasteiger partial charge in [0.1, 0.15) is 12.4 Å². The van der Waals surface area contributed by atoms with Crippen molar-refractivity contribution in [2.45, 2.75) is 0 Å². The second-order valence-corrected chi connectivity index (χ2v) is 4.41. The van der Waals surface area contributed by atoms with E-state index in [1.54, 1.807) is 12.1 Å². The number of aromatic nitrogens is 1. The largest absolute Gasteiger partial charge is 0.480 e. The highest BCUT2D eigenvalue weighted by Crippen LogP contribution is 2.10. The molecule has 1 rings (SSSR count). The molecule has 1 heterocycles. The van der Waals surface area contributed by atoms with Gasteiger partial charge in [-0.25, -0.2) is 4.98 Å². The van der Waals surface area contributed by atoms with Gasteiger partial charge in [0, 0.05) is 33.9 Å². The molecule has 110 valence electrons. The molecule has 7 nitrogen and oxygen atoms in total. The number of anilines is 1. The van der Waals surface area contributed by atoms with Crippen LogP contribution in [0.5, 0.6) is 0 Å². The number of methoxy groups -OCH3 is 1. The SMILES string of the molecule is COCCN(CC(=O)O)C(=O)c1ccc(N(C)C)nc1. The maximum atomic E-state index is 12.2. The Morgan fingerprint density at radius 3 is 2.50 bits per heavy atom. The summed E-state index contributed by atoms with van der Waals surface area (Å²) in [5.41, 5.74) is 0.355. The van der Waals surface area contributed by atoms with E-state index in [-0.39, 0.29) is 25.6 Å². The summed E-state index contributed by atoms with van der Waals surface area (Å²) >= 11 is 0. The van der Waals surface area contributed by atoms with Gasteiger partial charge in [0.25, 0.3) is 5.91 Å². The zero-order valence-electron chi connectivity index (χ0n) is 11.9. The number of hydrogen-bond acceptors (Lipinski definition) is 5. The van der Waals surface area contributed by atoms with Gasteiger partial charge < -0.3 is 19.6 Å². The van der Waals surface area contributed by atoms with Gasteiger partial charge in [0.05, 0.1) is 12.2 Å². The van der Waals surface area contributed by atoms with Crippen molar-refractivity contribution in [3.63, 3.8) is 0 Å². The molecular weight excluding hydrogens is 262 g/mol. The van der Waals surface area contributed by atoms with E-state index in [4.69, 9.17) is 9.84 Å². The molecule has 1 N–H and O–H groups in total. The number of carbonyl (C=O) groups is 2. The summed E-state index contributed by atoms with van der Waals surface area (Å²) in [6.07, 6.45) is 1.44. The molecule has 0 bridgehead atoms. The predicted molar refractivity (Wildman–Crippen MR) is 74.0 cm³/mol. The van der Waals surface area contributed by atoms with E-state index >= 15 is 0 Å². The van der Waals surface area contributed by atoms with Crippen LogP contribution >= 0.6 is 0 Å². The third-order valence-corrected chi connectivity index (χ3v) is 2.63. The Kier molecular flexibility index (Phi) is 5.92. The Bertz CT molecular complexity index is 459. The summed E-state index contributed by atoms with van der Waals surface area (Å²) in [4.78, 5) is 30.2. The van der Waals surface area contributed by atoms with Gasteiger partial charge in [-0.3, -0.25) is 9.59 Å². The normalized spacial score (nSPS) is 10.2. The van der Waals surface area contributed by atoms with Gasteiger partial charge in [-0.2, -0.15) is 0 Å². The summed E-state index contributed by atoms with van der Waals surface area (Å²) in [7, 11) is 5.19. The van der Waals surface area contributed by atoms with Crippen molar-refractivity contribution in [3.8, 4) is 0 Å². The second kappa shape index (κ2) is 7.44. The molecule has 0 fully saturated rings. The number of aliphatic carboxylic acids is 1. The van der Waals surface area contributed by atoms with Crippen molar-refractivity contribution < 1.29 is 19.4 Å². The van der Waals surface area contributed by atoms with E-state index < -0.39 is 5.97 Å². The zero-order valence-corrected chi connectivity index (χ0v) is 11.9. The van der Waals surface area contributed by atoms with Crippen molar-refractivity contribution in [3.05, 3.63) is 23.9 Å². The van der Waals surface area contributed by atoms with Crippen molar-refractivity contribution >= 4 is 17.7 Å². The van der Waals surface area contributed by atoms with E-state index in [0.717, 1.165) is 5.82 Å². The molecule has 1 aromatic rings. The Hall–Kier alpha value is -2.15. The number of amides is 1. The van der Waals surface area contributed by atoms with Gasteiger partial charge in [0.2, 0.25) is 0 Å². The van der Waals surface area contributed by atoms with Crippen LogP contribution in [0.1, 0.15) is 10.4 Å². The summed E-state index contributed by atoms with van der Waals surface area (Å²) < 4.78 is 4.88. The molecule has 7 heteroatoms. The molecule has 0 aromatic carbocycles. The molecule has 0 atom stereocenters. The smallest absolute Gasteiger partial charge is 0.323 e. The highest BCUT2D eigenvalue weighted by Gasteiger charge is 2.18. The third-order valence-electron chi connectivity index (χ3n) is 2.63. The number of rotatable bonds is 7. The Labute approximate surface area is 117 Å². The molecule has 1 amide bonds. The highest BCUT2D eigenvalue weighted by atomic mass is 16.5. The third kappa shape index (κ3) is 4.51. The summed E-state index contributed by atoms with van der Waals surface area (Å²) in [6.45, 7) is 0.136. The van der Waals surface area contributed by atoms with Gasteiger partial charge in [-0.1, -0.05) is 0 Å². The van der Waals surface area contributed by atoms with Gasteiger partial charge in [0.15, 0.2) is 0 Å². The van der Waals surface area contributed by atoms with E-state index in [1.165, 1.54) is 18.2 Å². The molecule has 0 saturated carbocycles. The number of pyridine rings is 1. The number of hydrogen-bond donors (Lipinski definition) is 1. The van der Waals surface area contributed by atoms with Crippen LogP contribution in [-0.2, 0) is 9.53 Å². The lowest BCUT2D eigenvalue weighted by atomic mass is 10.2. The molecule has 0 aliphatic rings. The first kappa shape index (κ1) is 15.9. The number of carbonyl (C=O) groups excluding carboxylic acids is 1. The first-order valence-electron chi connectivity index (χ1n) is 6.09. The fraction of sp³-hybridized carbons (Fsp3) is 0.462. The molecular formula is C13H19N3O4. The van der Waals surface area contributed by atoms with Gasteiger partial charge in [-0.05, 0) is 12.1 Å². The number of carboxylic acid groups (broad SMARTS) is 1. The molecule has 20 heavy (non-hydrogen) atoms. The average Bonchev–Trinajstić information content (AvgIpc) is 2.42. The van der Waals surface area contributed by atoms with E-state index in [2.05, 4.69) is 4.98 Å². The van der Waals surface area contributed by atoms with Crippen LogP contribution in [0.25, 0.3) is 0 Å². The monoisotopic (exact) mass is 281 g/mol. The fourth-order valence-corrected chi connectivity index (χ4v) is 1.58. The minimum atomic E-state index is -1.06. The van der Waals surface area contributed by atoms with Gasteiger partial charge in [-0.15, -0.1) is 0 Å². The molecule has 0 spiro atoms. The van der Waals surface area contributed by atoms with Crippen molar-refractivity contribution in [2.24, 2.45) is 0 Å². The summed E-state index contributed by atoms with van der Waals surface area (Å²) in [5.74, 6) is -0.710. The van der Waals surface area contributed by atoms with E-state index in [9.17, 15) is 9.59 Å². The van der Waals surface area contributed by atoms with Crippen LogP contribution in [0.4, 0.5) is 5.82 Å². The molecule has 0 unspecified atom stereocenters. The number of nitrogens with zero attached hydrogens (tertiary/aromatic N) is 3. The van der Waals surface area contributed by atoms with E-state index in [1.807, 2.05) is 19.0 Å². The second-order valence-electron chi connectivity index (χ2n) is 4.41. The van der Waals surface area contributed by atoms with E-state index in [0.29, 0.717) is 5.56 Å². The number of ether oxygens (including phenoxy) is 1. The Morgan fingerprint density at radius 1 is 1.35 bits per heavy atom. The van der Waals surface area contributed by atoms with Crippen LogP contribution < -0.4 is 4.90 Å². The van der Waals surface area contributed by atoms with Crippen molar-refractivity contribution in [2.75, 3.05) is 45.8 Å². The van der Waals surface area contributed by atoms with Crippen molar-refractivity contribution in [1.29, 1.82) is 0 Å². The van der Waals surface area contributed by atoms with Crippen LogP contribution in [0.15, 0.2) is 18.3 Å². The Balaban J connectivity index is 2.84. The summed E-state index contributed by atoms with van der Waals surface area (Å²) in [5, 5.41) is 8.84. The maximum absolute atomic E-state index is 12.2. The molecule has 0 saturated heterocycles. The summed E-state index contributed by atoms with van der Waals surface area (Å²) in [6, 6.07) is 3.34. The fourth-order valence-electron chi connectivity index (χ4n) is 1.58. The topological polar surface area (TPSA) is 83.0 Å². The lowest BCUT2D eigenvalue weighted by Gasteiger charge is -2.20.